The predicted octanol–water partition coefficient (Wildman–Crippen LogP) is 3.27. The highest BCUT2D eigenvalue weighted by Crippen LogP contribution is 2.23. The van der Waals surface area contributed by atoms with Gasteiger partial charge in [0.2, 0.25) is 10.0 Å². The van der Waals surface area contributed by atoms with Crippen molar-refractivity contribution < 1.29 is 18.3 Å². The lowest BCUT2D eigenvalue weighted by atomic mass is 9.96. The number of carbonyl (C=O) groups is 1. The van der Waals surface area contributed by atoms with Crippen LogP contribution < -0.4 is 0 Å². The number of halogens is 1. The van der Waals surface area contributed by atoms with E-state index in [4.69, 9.17) is 11.6 Å². The van der Waals surface area contributed by atoms with Gasteiger partial charge in [0.05, 0.1) is 4.90 Å². The lowest BCUT2D eigenvalue weighted by Gasteiger charge is -2.25. The van der Waals surface area contributed by atoms with E-state index in [-0.39, 0.29) is 11.3 Å². The molecule has 0 saturated carbocycles. The highest BCUT2D eigenvalue weighted by Gasteiger charge is 2.33. The summed E-state index contributed by atoms with van der Waals surface area (Å²) in [6.45, 7) is 3.77. The van der Waals surface area contributed by atoms with Crippen LogP contribution >= 0.6 is 11.6 Å². The molecular weight excluding hydrogens is 362 g/mol. The van der Waals surface area contributed by atoms with E-state index >= 15 is 0 Å². The van der Waals surface area contributed by atoms with Gasteiger partial charge in [-0.3, -0.25) is 4.79 Å². The van der Waals surface area contributed by atoms with E-state index in [9.17, 15) is 18.3 Å². The fourth-order valence-corrected chi connectivity index (χ4v) is 4.11. The molecule has 0 radical (unpaired) electrons. The highest BCUT2D eigenvalue weighted by molar-refractivity contribution is 7.89. The van der Waals surface area contributed by atoms with Crippen LogP contribution in [0.25, 0.3) is 0 Å². The molecule has 0 aliphatic heterocycles. The Balaban J connectivity index is 2.39. The Bertz CT molecular complexity index is 858. The molecule has 134 valence electrons. The molecule has 2 aromatic carbocycles. The van der Waals surface area contributed by atoms with Crippen LogP contribution in [0.3, 0.4) is 0 Å². The zero-order valence-electron chi connectivity index (χ0n) is 14.2. The second-order valence-electron chi connectivity index (χ2n) is 5.90. The zero-order valence-corrected chi connectivity index (χ0v) is 15.8. The van der Waals surface area contributed by atoms with Gasteiger partial charge < -0.3 is 5.11 Å². The molecule has 0 aliphatic carbocycles. The van der Waals surface area contributed by atoms with Gasteiger partial charge in [-0.05, 0) is 54.8 Å². The Kier molecular flexibility index (Phi) is 5.87. The summed E-state index contributed by atoms with van der Waals surface area (Å²) in [7, 11) is -2.66. The first kappa shape index (κ1) is 19.4. The van der Waals surface area contributed by atoms with Crippen LogP contribution in [0.5, 0.6) is 0 Å². The van der Waals surface area contributed by atoms with Gasteiger partial charge in [-0.15, -0.1) is 0 Å². The first-order chi connectivity index (χ1) is 11.6. The van der Waals surface area contributed by atoms with Crippen molar-refractivity contribution in [1.82, 2.24) is 4.31 Å². The molecule has 0 heterocycles. The third kappa shape index (κ3) is 4.21. The number of benzene rings is 2. The van der Waals surface area contributed by atoms with Crippen molar-refractivity contribution in [1.29, 1.82) is 0 Å². The van der Waals surface area contributed by atoms with Crippen molar-refractivity contribution in [3.05, 3.63) is 64.2 Å². The van der Waals surface area contributed by atoms with Crippen LogP contribution in [0.4, 0.5) is 0 Å². The zero-order chi connectivity index (χ0) is 18.8. The average Bonchev–Trinajstić information content (AvgIpc) is 2.54. The summed E-state index contributed by atoms with van der Waals surface area (Å²) in [5.74, 6) is -1.19. The second kappa shape index (κ2) is 7.56. The van der Waals surface area contributed by atoms with Gasteiger partial charge in [-0.1, -0.05) is 29.8 Å². The van der Waals surface area contributed by atoms with Gasteiger partial charge >= 0.3 is 5.97 Å². The Morgan fingerprint density at radius 3 is 2.12 bits per heavy atom. The van der Waals surface area contributed by atoms with E-state index in [1.807, 2.05) is 32.0 Å². The third-order valence-corrected chi connectivity index (χ3v) is 6.39. The van der Waals surface area contributed by atoms with Gasteiger partial charge in [-0.25, -0.2) is 8.42 Å². The van der Waals surface area contributed by atoms with E-state index < -0.39 is 22.0 Å². The lowest BCUT2D eigenvalue weighted by molar-refractivity contribution is -0.141. The van der Waals surface area contributed by atoms with Crippen LogP contribution in [-0.4, -0.2) is 36.9 Å². The largest absolute Gasteiger partial charge is 0.480 e. The SMILES string of the molecule is Cc1cccc(C)c1C[C@@H](C(=O)O)N(C)S(=O)(=O)c1ccc(Cl)cc1. The molecule has 0 saturated heterocycles. The molecule has 25 heavy (non-hydrogen) atoms. The molecule has 2 aromatic rings. The molecule has 7 heteroatoms. The van der Waals surface area contributed by atoms with Crippen LogP contribution in [0, 0.1) is 13.8 Å². The van der Waals surface area contributed by atoms with Crippen LogP contribution in [0.15, 0.2) is 47.4 Å². The Morgan fingerprint density at radius 1 is 1.12 bits per heavy atom. The van der Waals surface area contributed by atoms with E-state index in [0.717, 1.165) is 21.0 Å². The maximum absolute atomic E-state index is 12.8. The van der Waals surface area contributed by atoms with Gasteiger partial charge in [0, 0.05) is 18.5 Å². The molecule has 0 amide bonds. The third-order valence-electron chi connectivity index (χ3n) is 4.26. The average molecular weight is 382 g/mol. The van der Waals surface area contributed by atoms with Gasteiger partial charge in [0.1, 0.15) is 6.04 Å². The van der Waals surface area contributed by atoms with E-state index in [0.29, 0.717) is 5.02 Å². The van der Waals surface area contributed by atoms with Crippen molar-refractivity contribution in [2.45, 2.75) is 31.2 Å². The quantitative estimate of drug-likeness (QED) is 0.833. The number of rotatable bonds is 6. The number of nitrogens with zero attached hydrogens (tertiary/aromatic N) is 1. The van der Waals surface area contributed by atoms with E-state index in [2.05, 4.69) is 0 Å². The molecule has 0 aromatic heterocycles. The van der Waals surface area contributed by atoms with Gasteiger partial charge in [0.15, 0.2) is 0 Å². The highest BCUT2D eigenvalue weighted by atomic mass is 35.5. The summed E-state index contributed by atoms with van der Waals surface area (Å²) in [5.41, 5.74) is 2.71. The van der Waals surface area contributed by atoms with Crippen molar-refractivity contribution in [2.75, 3.05) is 7.05 Å². The molecule has 0 unspecified atom stereocenters. The second-order valence-corrected chi connectivity index (χ2v) is 8.34. The summed E-state index contributed by atoms with van der Waals surface area (Å²) in [5, 5.41) is 10.0. The van der Waals surface area contributed by atoms with Crippen molar-refractivity contribution in [3.8, 4) is 0 Å². The van der Waals surface area contributed by atoms with Gasteiger partial charge in [-0.2, -0.15) is 4.31 Å². The standard InChI is InChI=1S/C18H20ClNO4S/c1-12-5-4-6-13(2)16(12)11-17(18(21)22)20(3)25(23,24)15-9-7-14(19)8-10-15/h4-10,17H,11H2,1-3H3,(H,21,22)/t17-/m0/s1. The molecule has 0 fully saturated rings. The van der Waals surface area contributed by atoms with Crippen LogP contribution in [-0.2, 0) is 21.2 Å². The summed E-state index contributed by atoms with van der Waals surface area (Å²) in [6.07, 6.45) is 0.0944. The molecule has 5 nitrogen and oxygen atoms in total. The van der Waals surface area contributed by atoms with Crippen molar-refractivity contribution in [2.24, 2.45) is 0 Å². The number of likely N-dealkylation sites (N-methyl/N-ethyl adjacent to an activating group) is 1. The summed E-state index contributed by atoms with van der Waals surface area (Å²) in [4.78, 5) is 11.8. The van der Waals surface area contributed by atoms with Crippen LogP contribution in [0.1, 0.15) is 16.7 Å². The number of carboxylic acid groups (broad SMARTS) is 1. The molecular formula is C18H20ClNO4S. The Morgan fingerprint density at radius 2 is 1.64 bits per heavy atom. The molecule has 1 N–H and O–H groups in total. The summed E-state index contributed by atoms with van der Waals surface area (Å²) >= 11 is 5.79. The molecule has 0 bridgehead atoms. The topological polar surface area (TPSA) is 74.7 Å². The predicted molar refractivity (Wildman–Crippen MR) is 97.4 cm³/mol. The minimum atomic E-state index is -3.95. The lowest BCUT2D eigenvalue weighted by Crippen LogP contribution is -2.44. The molecule has 1 atom stereocenters. The molecule has 0 spiro atoms. The smallest absolute Gasteiger partial charge is 0.322 e. The van der Waals surface area contributed by atoms with Crippen molar-refractivity contribution in [3.63, 3.8) is 0 Å². The number of aryl methyl sites for hydroxylation is 2. The number of aliphatic carboxylic acids is 1. The normalized spacial score (nSPS) is 13.0. The number of carboxylic acids is 1. The summed E-state index contributed by atoms with van der Waals surface area (Å²) < 4.78 is 26.4. The van der Waals surface area contributed by atoms with Crippen molar-refractivity contribution >= 4 is 27.6 Å². The Hall–Kier alpha value is -1.89. The number of hydrogen-bond donors (Lipinski definition) is 1. The van der Waals surface area contributed by atoms with Crippen LogP contribution in [0.2, 0.25) is 5.02 Å². The van der Waals surface area contributed by atoms with E-state index in [1.165, 1.54) is 31.3 Å². The first-order valence-electron chi connectivity index (χ1n) is 7.66. The summed E-state index contributed by atoms with van der Waals surface area (Å²) in [6, 6.07) is 10.1. The molecule has 2 rings (SSSR count). The minimum absolute atomic E-state index is 0.00663. The van der Waals surface area contributed by atoms with E-state index in [1.54, 1.807) is 0 Å². The fourth-order valence-electron chi connectivity index (χ4n) is 2.68. The first-order valence-corrected chi connectivity index (χ1v) is 9.48. The number of sulfonamides is 1. The monoisotopic (exact) mass is 381 g/mol. The maximum Gasteiger partial charge on any atom is 0.322 e. The van der Waals surface area contributed by atoms with Gasteiger partial charge in [0.25, 0.3) is 0 Å². The fraction of sp³-hybridized carbons (Fsp3) is 0.278. The molecule has 0 aliphatic rings. The number of hydrogen-bond acceptors (Lipinski definition) is 3. The minimum Gasteiger partial charge on any atom is -0.480 e. The maximum atomic E-state index is 12.8. The Labute approximate surface area is 152 Å².